The van der Waals surface area contributed by atoms with Crippen LogP contribution in [0.2, 0.25) is 0 Å². The molecule has 3 rings (SSSR count). The molecule has 2 aromatic rings. The lowest BCUT2D eigenvalue weighted by atomic mass is 9.99. The van der Waals surface area contributed by atoms with Crippen molar-refractivity contribution in [3.63, 3.8) is 0 Å². The van der Waals surface area contributed by atoms with Crippen LogP contribution in [0.4, 0.5) is 5.69 Å². The zero-order valence-corrected chi connectivity index (χ0v) is 21.9. The Labute approximate surface area is 205 Å². The smallest absolute Gasteiger partial charge is 0.280 e. The molecule has 1 amide bonds. The molecule has 0 aliphatic carbocycles. The lowest BCUT2D eigenvalue weighted by Gasteiger charge is -2.38. The number of amides is 1. The van der Waals surface area contributed by atoms with Gasteiger partial charge in [-0.2, -0.15) is 8.42 Å². The molecule has 1 aromatic heterocycles. The molecular formula is C21H31N5O7S2. The van der Waals surface area contributed by atoms with E-state index in [1.807, 2.05) is 6.92 Å². The molecule has 2 N–H and O–H groups in total. The first kappa shape index (κ1) is 26.9. The minimum Gasteiger partial charge on any atom is -0.488 e. The summed E-state index contributed by atoms with van der Waals surface area (Å²) in [4.78, 5) is 18.8. The minimum absolute atomic E-state index is 0.0447. The van der Waals surface area contributed by atoms with Gasteiger partial charge in [0.15, 0.2) is 5.03 Å². The summed E-state index contributed by atoms with van der Waals surface area (Å²) in [6.45, 7) is 3.49. The summed E-state index contributed by atoms with van der Waals surface area (Å²) in [6, 6.07) is 3.76. The fourth-order valence-corrected chi connectivity index (χ4v) is 5.08. The number of nitrogens with zero attached hydrogens (tertiary/aromatic N) is 4. The number of anilines is 1. The molecular weight excluding hydrogens is 498 g/mol. The number of nitrogens with one attached hydrogen (secondary N) is 1. The average molecular weight is 530 g/mol. The average Bonchev–Trinajstić information content (AvgIpc) is 3.22. The lowest BCUT2D eigenvalue weighted by Crippen LogP contribution is -2.50. The van der Waals surface area contributed by atoms with Crippen molar-refractivity contribution in [3.8, 4) is 5.75 Å². The standard InChI is InChI=1S/C21H31N5O7S2/c1-14-9-26(15(2)12-27)21(28)17-8-16(23-35(31,32)20-11-24(3)13-22-20)6-7-18(17)33-19(14)10-25(4)34(5,29)30/h6-8,11,13-15,19,23,27H,9-10,12H2,1-5H3/t14-,15-,19-/m1/s1. The van der Waals surface area contributed by atoms with Crippen LogP contribution in [0.25, 0.3) is 0 Å². The maximum atomic E-state index is 13.5. The molecule has 12 nitrogen and oxygen atoms in total. The number of carbonyl (C=O) groups excluding carboxylic acids is 1. The zero-order chi connectivity index (χ0) is 26.1. The molecule has 2 heterocycles. The number of benzene rings is 1. The number of rotatable bonds is 8. The number of aliphatic hydroxyl groups excluding tert-OH is 1. The van der Waals surface area contributed by atoms with Crippen LogP contribution in [0, 0.1) is 5.92 Å². The first-order chi connectivity index (χ1) is 16.2. The maximum absolute atomic E-state index is 13.5. The summed E-state index contributed by atoms with van der Waals surface area (Å²) >= 11 is 0. The highest BCUT2D eigenvalue weighted by Crippen LogP contribution is 2.31. The Bertz CT molecular complexity index is 1290. The second kappa shape index (κ2) is 10.1. The van der Waals surface area contributed by atoms with E-state index in [0.29, 0.717) is 0 Å². The fourth-order valence-electron chi connectivity index (χ4n) is 3.63. The summed E-state index contributed by atoms with van der Waals surface area (Å²) in [5, 5.41) is 9.56. The molecule has 14 heteroatoms. The van der Waals surface area contributed by atoms with Crippen LogP contribution in [-0.4, -0.2) is 91.8 Å². The van der Waals surface area contributed by atoms with Crippen molar-refractivity contribution in [2.75, 3.05) is 37.7 Å². The summed E-state index contributed by atoms with van der Waals surface area (Å²) < 4.78 is 60.6. The highest BCUT2D eigenvalue weighted by atomic mass is 32.2. The van der Waals surface area contributed by atoms with Crippen molar-refractivity contribution >= 4 is 31.6 Å². The summed E-state index contributed by atoms with van der Waals surface area (Å²) in [5.74, 6) is -0.529. The molecule has 0 unspecified atom stereocenters. The predicted octanol–water partition coefficient (Wildman–Crippen LogP) is 0.332. The number of ether oxygens (including phenoxy) is 1. The van der Waals surface area contributed by atoms with E-state index in [4.69, 9.17) is 4.74 Å². The zero-order valence-electron chi connectivity index (χ0n) is 20.2. The van der Waals surface area contributed by atoms with Gasteiger partial charge in [0.1, 0.15) is 11.9 Å². The normalized spacial score (nSPS) is 20.1. The monoisotopic (exact) mass is 529 g/mol. The third-order valence-electron chi connectivity index (χ3n) is 5.88. The number of imidazole rings is 1. The van der Waals surface area contributed by atoms with Crippen LogP contribution >= 0.6 is 0 Å². The molecule has 3 atom stereocenters. The Morgan fingerprint density at radius 1 is 1.31 bits per heavy atom. The van der Waals surface area contributed by atoms with E-state index in [1.54, 1.807) is 14.0 Å². The van der Waals surface area contributed by atoms with E-state index < -0.39 is 38.1 Å². The molecule has 194 valence electrons. The SMILES string of the molecule is C[C@@H]1CN([C@H](C)CO)C(=O)c2cc(NS(=O)(=O)c3cn(C)cn3)ccc2O[C@@H]1CN(C)S(C)(=O)=O. The van der Waals surface area contributed by atoms with Crippen molar-refractivity contribution in [2.24, 2.45) is 13.0 Å². The summed E-state index contributed by atoms with van der Waals surface area (Å²) in [5.41, 5.74) is 0.215. The minimum atomic E-state index is -4.00. The van der Waals surface area contributed by atoms with Crippen molar-refractivity contribution in [2.45, 2.75) is 31.0 Å². The molecule has 0 radical (unpaired) electrons. The van der Waals surface area contributed by atoms with Gasteiger partial charge in [-0.15, -0.1) is 0 Å². The van der Waals surface area contributed by atoms with Crippen LogP contribution in [0.3, 0.4) is 0 Å². The number of fused-ring (bicyclic) bond motifs is 1. The molecule has 1 aromatic carbocycles. The quantitative estimate of drug-likeness (QED) is 0.497. The summed E-state index contributed by atoms with van der Waals surface area (Å²) in [6.07, 6.45) is 3.19. The van der Waals surface area contributed by atoms with Gasteiger partial charge in [0, 0.05) is 38.4 Å². The Morgan fingerprint density at radius 2 is 2.00 bits per heavy atom. The molecule has 0 spiro atoms. The Morgan fingerprint density at radius 3 is 2.57 bits per heavy atom. The third-order valence-corrected chi connectivity index (χ3v) is 8.42. The van der Waals surface area contributed by atoms with Crippen LogP contribution in [0.5, 0.6) is 5.75 Å². The van der Waals surface area contributed by atoms with E-state index in [0.717, 1.165) is 6.26 Å². The molecule has 0 saturated heterocycles. The highest BCUT2D eigenvalue weighted by molar-refractivity contribution is 7.92. The second-order valence-corrected chi connectivity index (χ2v) is 12.6. The fraction of sp³-hybridized carbons (Fsp3) is 0.524. The van der Waals surface area contributed by atoms with Gasteiger partial charge in [-0.1, -0.05) is 6.92 Å². The van der Waals surface area contributed by atoms with E-state index in [-0.39, 0.29) is 47.6 Å². The van der Waals surface area contributed by atoms with E-state index >= 15 is 0 Å². The molecule has 0 fully saturated rings. The Balaban J connectivity index is 2.01. The first-order valence-electron chi connectivity index (χ1n) is 10.9. The summed E-state index contributed by atoms with van der Waals surface area (Å²) in [7, 11) is -4.39. The van der Waals surface area contributed by atoms with Gasteiger partial charge in [0.05, 0.1) is 37.3 Å². The van der Waals surface area contributed by atoms with Gasteiger partial charge < -0.3 is 19.3 Å². The molecule has 0 bridgehead atoms. The number of aliphatic hydroxyl groups is 1. The number of hydrogen-bond acceptors (Lipinski definition) is 8. The van der Waals surface area contributed by atoms with Crippen molar-refractivity contribution < 1.29 is 31.5 Å². The number of likely N-dealkylation sites (N-methyl/N-ethyl adjacent to an activating group) is 1. The Kier molecular flexibility index (Phi) is 7.79. The van der Waals surface area contributed by atoms with Crippen LogP contribution in [0.1, 0.15) is 24.2 Å². The number of hydrogen-bond donors (Lipinski definition) is 2. The van der Waals surface area contributed by atoms with E-state index in [1.165, 1.54) is 51.5 Å². The molecule has 35 heavy (non-hydrogen) atoms. The topological polar surface area (TPSA) is 151 Å². The number of sulfonamides is 2. The Hall–Kier alpha value is -2.68. The van der Waals surface area contributed by atoms with Crippen molar-refractivity contribution in [1.29, 1.82) is 0 Å². The predicted molar refractivity (Wildman–Crippen MR) is 129 cm³/mol. The van der Waals surface area contributed by atoms with E-state index in [9.17, 15) is 26.7 Å². The van der Waals surface area contributed by atoms with Gasteiger partial charge in [-0.25, -0.2) is 17.7 Å². The van der Waals surface area contributed by atoms with Crippen LogP contribution < -0.4 is 9.46 Å². The molecule has 1 aliphatic rings. The second-order valence-electron chi connectivity index (χ2n) is 8.86. The number of aryl methyl sites for hydroxylation is 1. The van der Waals surface area contributed by atoms with Crippen LogP contribution in [0.15, 0.2) is 35.7 Å². The third kappa shape index (κ3) is 6.12. The van der Waals surface area contributed by atoms with Crippen molar-refractivity contribution in [3.05, 3.63) is 36.3 Å². The molecule has 1 aliphatic heterocycles. The van der Waals surface area contributed by atoms with E-state index in [2.05, 4.69) is 9.71 Å². The largest absolute Gasteiger partial charge is 0.488 e. The highest BCUT2D eigenvalue weighted by Gasteiger charge is 2.34. The lowest BCUT2D eigenvalue weighted by molar-refractivity contribution is 0.0387. The van der Waals surface area contributed by atoms with Gasteiger partial charge >= 0.3 is 0 Å². The van der Waals surface area contributed by atoms with Gasteiger partial charge in [-0.05, 0) is 25.1 Å². The molecule has 0 saturated carbocycles. The maximum Gasteiger partial charge on any atom is 0.280 e. The van der Waals surface area contributed by atoms with Gasteiger partial charge in [-0.3, -0.25) is 9.52 Å². The number of aromatic nitrogens is 2. The van der Waals surface area contributed by atoms with Gasteiger partial charge in [0.2, 0.25) is 10.0 Å². The van der Waals surface area contributed by atoms with Crippen LogP contribution in [-0.2, 0) is 27.1 Å². The first-order valence-corrected chi connectivity index (χ1v) is 14.2. The van der Waals surface area contributed by atoms with Crippen molar-refractivity contribution in [1.82, 2.24) is 18.8 Å². The van der Waals surface area contributed by atoms with Gasteiger partial charge in [0.25, 0.3) is 15.9 Å². The number of carbonyl (C=O) groups is 1.